The Balaban J connectivity index is 1.78. The molecule has 3 aliphatic carbocycles. The first-order chi connectivity index (χ1) is 8.90. The van der Waals surface area contributed by atoms with Crippen LogP contribution in [0.3, 0.4) is 0 Å². The molecule has 1 heteroatoms. The van der Waals surface area contributed by atoms with Crippen molar-refractivity contribution in [1.82, 2.24) is 0 Å². The summed E-state index contributed by atoms with van der Waals surface area (Å²) in [7, 11) is 0. The zero-order chi connectivity index (χ0) is 12.1. The van der Waals surface area contributed by atoms with Crippen molar-refractivity contribution in [2.24, 2.45) is 23.7 Å². The van der Waals surface area contributed by atoms with Crippen molar-refractivity contribution in [3.63, 3.8) is 0 Å². The van der Waals surface area contributed by atoms with E-state index in [0.717, 1.165) is 23.7 Å². The molecule has 1 aromatic rings. The fraction of sp³-hybridized carbons (Fsp3) is 0.412. The number of hydrogen-bond acceptors (Lipinski definition) is 1. The van der Waals surface area contributed by atoms with Crippen molar-refractivity contribution in [3.05, 3.63) is 53.0 Å². The minimum absolute atomic E-state index is 0.830. The summed E-state index contributed by atoms with van der Waals surface area (Å²) in [5.41, 5.74) is 3.14. The standard InChI is InChI=1S/C17H18S/c1-2-18-17-15(11-6-4-3-5-7-11)14-12-8-9-13(10-12)16(14)17/h3-9,12-14,16H,2,10H2,1H3/t12-,13+,14-,16-/m1/s1. The third kappa shape index (κ3) is 1.34. The molecule has 0 spiro atoms. The average molecular weight is 254 g/mol. The van der Waals surface area contributed by atoms with Crippen LogP contribution in [0, 0.1) is 23.7 Å². The van der Waals surface area contributed by atoms with Crippen molar-refractivity contribution in [3.8, 4) is 0 Å². The maximum atomic E-state index is 2.48. The van der Waals surface area contributed by atoms with Crippen LogP contribution in [0.15, 0.2) is 47.4 Å². The highest BCUT2D eigenvalue weighted by Crippen LogP contribution is 2.65. The number of benzene rings is 1. The molecule has 0 aliphatic heterocycles. The van der Waals surface area contributed by atoms with E-state index in [1.165, 1.54) is 17.7 Å². The highest BCUT2D eigenvalue weighted by Gasteiger charge is 2.54. The van der Waals surface area contributed by atoms with Gasteiger partial charge in [-0.2, -0.15) is 0 Å². The summed E-state index contributed by atoms with van der Waals surface area (Å²) in [5, 5.41) is 0. The number of allylic oxidation sites excluding steroid dienone is 4. The first-order valence-corrected chi connectivity index (χ1v) is 7.99. The molecule has 1 aromatic carbocycles. The lowest BCUT2D eigenvalue weighted by atomic mass is 9.66. The summed E-state index contributed by atoms with van der Waals surface area (Å²) in [6.45, 7) is 2.27. The van der Waals surface area contributed by atoms with Crippen LogP contribution in [0.5, 0.6) is 0 Å². The van der Waals surface area contributed by atoms with Crippen molar-refractivity contribution >= 4 is 17.3 Å². The van der Waals surface area contributed by atoms with Crippen LogP contribution in [0.1, 0.15) is 18.9 Å². The van der Waals surface area contributed by atoms with Crippen molar-refractivity contribution in [1.29, 1.82) is 0 Å². The van der Waals surface area contributed by atoms with E-state index in [-0.39, 0.29) is 0 Å². The topological polar surface area (TPSA) is 0 Å². The molecule has 1 saturated carbocycles. The van der Waals surface area contributed by atoms with Crippen LogP contribution < -0.4 is 0 Å². The zero-order valence-corrected chi connectivity index (χ0v) is 11.5. The lowest BCUT2D eigenvalue weighted by molar-refractivity contribution is 0.412. The Kier molecular flexibility index (Phi) is 2.44. The number of rotatable bonds is 3. The predicted octanol–water partition coefficient (Wildman–Crippen LogP) is 4.60. The van der Waals surface area contributed by atoms with Gasteiger partial charge in [0, 0.05) is 5.92 Å². The Morgan fingerprint density at radius 2 is 1.78 bits per heavy atom. The van der Waals surface area contributed by atoms with Gasteiger partial charge >= 0.3 is 0 Å². The molecule has 4 rings (SSSR count). The second kappa shape index (κ2) is 4.03. The minimum Gasteiger partial charge on any atom is -0.130 e. The molecule has 18 heavy (non-hydrogen) atoms. The largest absolute Gasteiger partial charge is 0.130 e. The van der Waals surface area contributed by atoms with Gasteiger partial charge in [-0.05, 0) is 46.0 Å². The van der Waals surface area contributed by atoms with Crippen LogP contribution in [0.2, 0.25) is 0 Å². The Labute approximate surface area is 113 Å². The minimum atomic E-state index is 0.830. The van der Waals surface area contributed by atoms with Crippen molar-refractivity contribution < 1.29 is 0 Å². The SMILES string of the molecule is CCSC1=C(c2ccccc2)[C@@H]2[C@H]1[C@H]1C=C[C@@H]2C1. The Bertz CT molecular complexity index is 526. The number of hydrogen-bond donors (Lipinski definition) is 0. The fourth-order valence-electron chi connectivity index (χ4n) is 4.10. The second-order valence-electron chi connectivity index (χ2n) is 5.58. The van der Waals surface area contributed by atoms with Gasteiger partial charge in [-0.25, -0.2) is 0 Å². The molecular weight excluding hydrogens is 236 g/mol. The summed E-state index contributed by atoms with van der Waals surface area (Å²) in [4.78, 5) is 1.70. The molecule has 0 aromatic heterocycles. The van der Waals surface area contributed by atoms with Gasteiger partial charge < -0.3 is 0 Å². The molecule has 0 amide bonds. The normalized spacial score (nSPS) is 35.8. The van der Waals surface area contributed by atoms with E-state index >= 15 is 0 Å². The molecule has 2 bridgehead atoms. The molecule has 0 N–H and O–H groups in total. The van der Waals surface area contributed by atoms with E-state index in [9.17, 15) is 0 Å². The predicted molar refractivity (Wildman–Crippen MR) is 79.2 cm³/mol. The highest BCUT2D eigenvalue weighted by molar-refractivity contribution is 8.03. The lowest BCUT2D eigenvalue weighted by Crippen LogP contribution is -2.32. The summed E-state index contributed by atoms with van der Waals surface area (Å²) < 4.78 is 0. The molecule has 0 saturated heterocycles. The third-order valence-corrected chi connectivity index (χ3v) is 5.84. The van der Waals surface area contributed by atoms with Gasteiger partial charge in [0.25, 0.3) is 0 Å². The van der Waals surface area contributed by atoms with E-state index in [0.29, 0.717) is 0 Å². The Morgan fingerprint density at radius 1 is 1.06 bits per heavy atom. The van der Waals surface area contributed by atoms with E-state index < -0.39 is 0 Å². The van der Waals surface area contributed by atoms with Gasteiger partial charge in [0.2, 0.25) is 0 Å². The monoisotopic (exact) mass is 254 g/mol. The number of fused-ring (bicyclic) bond motifs is 5. The summed E-state index contributed by atoms with van der Waals surface area (Å²) in [6.07, 6.45) is 6.35. The van der Waals surface area contributed by atoms with Crippen LogP contribution in [0.25, 0.3) is 5.57 Å². The summed E-state index contributed by atoms with van der Waals surface area (Å²) >= 11 is 2.08. The van der Waals surface area contributed by atoms with Gasteiger partial charge in [0.05, 0.1) is 0 Å². The maximum absolute atomic E-state index is 2.48. The van der Waals surface area contributed by atoms with E-state index in [1.807, 2.05) is 0 Å². The van der Waals surface area contributed by atoms with Gasteiger partial charge in [-0.15, -0.1) is 11.8 Å². The van der Waals surface area contributed by atoms with Crippen molar-refractivity contribution in [2.45, 2.75) is 13.3 Å². The van der Waals surface area contributed by atoms with Crippen molar-refractivity contribution in [2.75, 3.05) is 5.75 Å². The molecule has 0 nitrogen and oxygen atoms in total. The summed E-state index contributed by atoms with van der Waals surface area (Å²) in [5.74, 6) is 4.57. The molecule has 4 atom stereocenters. The summed E-state index contributed by atoms with van der Waals surface area (Å²) in [6, 6.07) is 11.0. The molecule has 92 valence electrons. The first kappa shape index (κ1) is 10.9. The quantitative estimate of drug-likeness (QED) is 0.710. The lowest BCUT2D eigenvalue weighted by Gasteiger charge is -2.43. The van der Waals surface area contributed by atoms with Crippen LogP contribution in [-0.2, 0) is 0 Å². The van der Waals surface area contributed by atoms with Crippen LogP contribution in [-0.4, -0.2) is 5.75 Å². The fourth-order valence-corrected chi connectivity index (χ4v) is 5.34. The molecule has 0 radical (unpaired) electrons. The van der Waals surface area contributed by atoms with Crippen LogP contribution in [0.4, 0.5) is 0 Å². The molecule has 1 fully saturated rings. The van der Waals surface area contributed by atoms with Gasteiger partial charge in [0.1, 0.15) is 0 Å². The third-order valence-electron chi connectivity index (χ3n) is 4.75. The molecular formula is C17H18S. The second-order valence-corrected chi connectivity index (χ2v) is 6.88. The van der Waals surface area contributed by atoms with Gasteiger partial charge in [-0.3, -0.25) is 0 Å². The van der Waals surface area contributed by atoms with Gasteiger partial charge in [0.15, 0.2) is 0 Å². The smallest absolute Gasteiger partial charge is 0.00392 e. The Hall–Kier alpha value is -0.950. The van der Waals surface area contributed by atoms with Gasteiger partial charge in [-0.1, -0.05) is 49.4 Å². The molecule has 3 aliphatic rings. The van der Waals surface area contributed by atoms with E-state index in [4.69, 9.17) is 0 Å². The van der Waals surface area contributed by atoms with E-state index in [2.05, 4.69) is 61.2 Å². The molecule has 0 unspecified atom stereocenters. The maximum Gasteiger partial charge on any atom is 0.00392 e. The zero-order valence-electron chi connectivity index (χ0n) is 10.7. The average Bonchev–Trinajstić information content (AvgIpc) is 2.95. The van der Waals surface area contributed by atoms with E-state index in [1.54, 1.807) is 10.5 Å². The highest BCUT2D eigenvalue weighted by atomic mass is 32.2. The number of thioether (sulfide) groups is 1. The van der Waals surface area contributed by atoms with Crippen LogP contribution >= 0.6 is 11.8 Å². The molecule has 0 heterocycles. The first-order valence-electron chi connectivity index (χ1n) is 7.00. The Morgan fingerprint density at radius 3 is 2.50 bits per heavy atom.